The van der Waals surface area contributed by atoms with E-state index in [0.717, 1.165) is 11.3 Å². The molecule has 0 aliphatic rings. The monoisotopic (exact) mass is 334 g/mol. The summed E-state index contributed by atoms with van der Waals surface area (Å²) >= 11 is 6.79. The molecule has 0 spiro atoms. The largest absolute Gasteiger partial charge is 0.493 e. The van der Waals surface area contributed by atoms with E-state index in [4.69, 9.17) is 17.0 Å². The van der Waals surface area contributed by atoms with Crippen LogP contribution in [0.3, 0.4) is 0 Å². The summed E-state index contributed by atoms with van der Waals surface area (Å²) in [5.41, 5.74) is 0.483. The molecule has 2 N–H and O–H groups in total. The van der Waals surface area contributed by atoms with Crippen molar-refractivity contribution in [3.05, 3.63) is 52.2 Å². The van der Waals surface area contributed by atoms with Crippen LogP contribution in [0.2, 0.25) is 0 Å². The minimum Gasteiger partial charge on any atom is -0.493 e. The molecule has 0 saturated carbocycles. The molecule has 6 heteroatoms. The number of ether oxygens (including phenoxy) is 1. The van der Waals surface area contributed by atoms with Crippen molar-refractivity contribution in [2.24, 2.45) is 0 Å². The van der Waals surface area contributed by atoms with E-state index in [2.05, 4.69) is 10.6 Å². The minimum atomic E-state index is -0.268. The number of hydrogen-bond donors (Lipinski definition) is 2. The number of thiocarbonyl (C=S) groups is 1. The number of amides is 1. The lowest BCUT2D eigenvalue weighted by atomic mass is 10.2. The van der Waals surface area contributed by atoms with Crippen molar-refractivity contribution < 1.29 is 9.53 Å². The molecular weight excluding hydrogens is 316 g/mol. The second-order valence-electron chi connectivity index (χ2n) is 4.56. The Balaban J connectivity index is 1.92. The van der Waals surface area contributed by atoms with E-state index in [0.29, 0.717) is 29.6 Å². The van der Waals surface area contributed by atoms with Gasteiger partial charge in [-0.05, 0) is 42.2 Å². The first-order valence-electron chi connectivity index (χ1n) is 7.04. The SMILES string of the molecule is CCCOc1ccccc1C(=O)NC(=S)NCc1cccs1. The van der Waals surface area contributed by atoms with Crippen molar-refractivity contribution in [2.75, 3.05) is 6.61 Å². The van der Waals surface area contributed by atoms with E-state index in [1.807, 2.05) is 30.5 Å². The number of nitrogens with one attached hydrogen (secondary N) is 2. The van der Waals surface area contributed by atoms with Gasteiger partial charge in [-0.15, -0.1) is 11.3 Å². The number of benzene rings is 1. The maximum absolute atomic E-state index is 12.3. The molecule has 0 atom stereocenters. The van der Waals surface area contributed by atoms with Crippen LogP contribution in [0.4, 0.5) is 0 Å². The summed E-state index contributed by atoms with van der Waals surface area (Å²) in [4.78, 5) is 13.4. The van der Waals surface area contributed by atoms with Crippen LogP contribution >= 0.6 is 23.6 Å². The van der Waals surface area contributed by atoms with Gasteiger partial charge in [0.25, 0.3) is 5.91 Å². The van der Waals surface area contributed by atoms with Gasteiger partial charge in [0, 0.05) is 4.88 Å². The van der Waals surface area contributed by atoms with E-state index < -0.39 is 0 Å². The molecule has 1 amide bonds. The van der Waals surface area contributed by atoms with Crippen molar-refractivity contribution in [1.82, 2.24) is 10.6 Å². The Morgan fingerprint density at radius 3 is 2.82 bits per heavy atom. The Morgan fingerprint density at radius 2 is 2.09 bits per heavy atom. The van der Waals surface area contributed by atoms with Gasteiger partial charge in [-0.3, -0.25) is 10.1 Å². The van der Waals surface area contributed by atoms with Gasteiger partial charge in [0.15, 0.2) is 5.11 Å². The first-order valence-corrected chi connectivity index (χ1v) is 8.33. The maximum atomic E-state index is 12.3. The predicted molar refractivity (Wildman–Crippen MR) is 93.5 cm³/mol. The van der Waals surface area contributed by atoms with Gasteiger partial charge in [0.2, 0.25) is 0 Å². The molecule has 0 radical (unpaired) electrons. The summed E-state index contributed by atoms with van der Waals surface area (Å²) in [6.45, 7) is 3.20. The van der Waals surface area contributed by atoms with Gasteiger partial charge >= 0.3 is 0 Å². The Labute approximate surface area is 139 Å². The fourth-order valence-corrected chi connectivity index (χ4v) is 2.60. The highest BCUT2D eigenvalue weighted by Crippen LogP contribution is 2.18. The summed E-state index contributed by atoms with van der Waals surface area (Å²) in [6, 6.07) is 11.1. The van der Waals surface area contributed by atoms with Crippen LogP contribution in [-0.4, -0.2) is 17.6 Å². The zero-order valence-corrected chi connectivity index (χ0v) is 13.9. The molecule has 22 heavy (non-hydrogen) atoms. The number of thiophene rings is 1. The third kappa shape index (κ3) is 4.82. The van der Waals surface area contributed by atoms with Crippen LogP contribution in [0.15, 0.2) is 41.8 Å². The normalized spacial score (nSPS) is 10.0. The molecular formula is C16H18N2O2S2. The molecule has 116 valence electrons. The van der Waals surface area contributed by atoms with Crippen molar-refractivity contribution >= 4 is 34.6 Å². The summed E-state index contributed by atoms with van der Waals surface area (Å²) in [5.74, 6) is 0.304. The highest BCUT2D eigenvalue weighted by molar-refractivity contribution is 7.80. The van der Waals surface area contributed by atoms with E-state index in [1.165, 1.54) is 0 Å². The smallest absolute Gasteiger partial charge is 0.261 e. The Bertz CT molecular complexity index is 627. The van der Waals surface area contributed by atoms with Crippen LogP contribution in [0.5, 0.6) is 5.75 Å². The molecule has 1 heterocycles. The van der Waals surface area contributed by atoms with Gasteiger partial charge in [0.1, 0.15) is 5.75 Å². The second-order valence-corrected chi connectivity index (χ2v) is 6.00. The second kappa shape index (κ2) is 8.51. The number of carbonyl (C=O) groups is 1. The lowest BCUT2D eigenvalue weighted by Crippen LogP contribution is -2.38. The molecule has 4 nitrogen and oxygen atoms in total. The van der Waals surface area contributed by atoms with Crippen LogP contribution in [0.25, 0.3) is 0 Å². The summed E-state index contributed by atoms with van der Waals surface area (Å²) in [6.07, 6.45) is 0.886. The Kier molecular flexibility index (Phi) is 6.36. The molecule has 0 bridgehead atoms. The summed E-state index contributed by atoms with van der Waals surface area (Å²) in [5, 5.41) is 8.01. The molecule has 0 saturated heterocycles. The van der Waals surface area contributed by atoms with Gasteiger partial charge < -0.3 is 10.1 Å². The van der Waals surface area contributed by atoms with Crippen molar-refractivity contribution in [2.45, 2.75) is 19.9 Å². The van der Waals surface area contributed by atoms with Crippen molar-refractivity contribution in [3.63, 3.8) is 0 Å². The number of carbonyl (C=O) groups excluding carboxylic acids is 1. The topological polar surface area (TPSA) is 50.4 Å². The lowest BCUT2D eigenvalue weighted by Gasteiger charge is -2.12. The predicted octanol–water partition coefficient (Wildman–Crippen LogP) is 3.34. The molecule has 2 aromatic rings. The third-order valence-corrected chi connectivity index (χ3v) is 3.95. The highest BCUT2D eigenvalue weighted by atomic mass is 32.1. The summed E-state index contributed by atoms with van der Waals surface area (Å²) in [7, 11) is 0. The fourth-order valence-electron chi connectivity index (χ4n) is 1.79. The van der Waals surface area contributed by atoms with Crippen LogP contribution < -0.4 is 15.4 Å². The standard InChI is InChI=1S/C16H18N2O2S2/c1-2-9-20-14-8-4-3-7-13(14)15(19)18-16(21)17-11-12-6-5-10-22-12/h3-8,10H,2,9,11H2,1H3,(H2,17,18,19,21). The maximum Gasteiger partial charge on any atom is 0.261 e. The average molecular weight is 334 g/mol. The average Bonchev–Trinajstić information content (AvgIpc) is 3.04. The van der Waals surface area contributed by atoms with Gasteiger partial charge in [-0.1, -0.05) is 25.1 Å². The van der Waals surface area contributed by atoms with Crippen LogP contribution in [0.1, 0.15) is 28.6 Å². The molecule has 1 aromatic heterocycles. The Morgan fingerprint density at radius 1 is 1.27 bits per heavy atom. The first-order chi connectivity index (χ1) is 10.7. The molecule has 0 aliphatic heterocycles. The van der Waals surface area contributed by atoms with Crippen LogP contribution in [0, 0.1) is 0 Å². The van der Waals surface area contributed by atoms with E-state index in [9.17, 15) is 4.79 Å². The lowest BCUT2D eigenvalue weighted by molar-refractivity contribution is 0.0972. The molecule has 1 aromatic carbocycles. The van der Waals surface area contributed by atoms with E-state index in [1.54, 1.807) is 29.5 Å². The molecule has 0 unspecified atom stereocenters. The molecule has 0 fully saturated rings. The Hall–Kier alpha value is -1.92. The number of hydrogen-bond acceptors (Lipinski definition) is 4. The highest BCUT2D eigenvalue weighted by Gasteiger charge is 2.13. The molecule has 0 aliphatic carbocycles. The first kappa shape index (κ1) is 16.5. The fraction of sp³-hybridized carbons (Fsp3) is 0.250. The van der Waals surface area contributed by atoms with Gasteiger partial charge in [-0.25, -0.2) is 0 Å². The van der Waals surface area contributed by atoms with Gasteiger partial charge in [0.05, 0.1) is 18.7 Å². The minimum absolute atomic E-state index is 0.268. The molecule has 2 rings (SSSR count). The third-order valence-electron chi connectivity index (χ3n) is 2.82. The zero-order valence-electron chi connectivity index (χ0n) is 12.3. The van der Waals surface area contributed by atoms with Crippen molar-refractivity contribution in [3.8, 4) is 5.75 Å². The summed E-state index contributed by atoms with van der Waals surface area (Å²) < 4.78 is 5.59. The van der Waals surface area contributed by atoms with E-state index >= 15 is 0 Å². The van der Waals surface area contributed by atoms with E-state index in [-0.39, 0.29) is 5.91 Å². The quantitative estimate of drug-likeness (QED) is 0.796. The van der Waals surface area contributed by atoms with Crippen LogP contribution in [-0.2, 0) is 6.54 Å². The van der Waals surface area contributed by atoms with Gasteiger partial charge in [-0.2, -0.15) is 0 Å². The number of rotatable bonds is 6. The zero-order chi connectivity index (χ0) is 15.8. The number of para-hydroxylation sites is 1. The van der Waals surface area contributed by atoms with Crippen molar-refractivity contribution in [1.29, 1.82) is 0 Å².